The van der Waals surface area contributed by atoms with Crippen molar-refractivity contribution in [2.45, 2.75) is 30.8 Å². The van der Waals surface area contributed by atoms with Gasteiger partial charge in [0.05, 0.1) is 48.8 Å². The largest absolute Gasteiger partial charge is 0.470 e. The van der Waals surface area contributed by atoms with Crippen molar-refractivity contribution in [1.82, 2.24) is 9.97 Å². The molecule has 2 saturated heterocycles. The van der Waals surface area contributed by atoms with Crippen molar-refractivity contribution in [3.63, 3.8) is 0 Å². The van der Waals surface area contributed by atoms with E-state index in [1.165, 1.54) is 18.2 Å². The van der Waals surface area contributed by atoms with Gasteiger partial charge < -0.3 is 34.4 Å². The molecule has 8 nitrogen and oxygen atoms in total. The summed E-state index contributed by atoms with van der Waals surface area (Å²) in [6.07, 6.45) is 1.43. The van der Waals surface area contributed by atoms with E-state index in [4.69, 9.17) is 24.4 Å². The molecule has 10 heteroatoms. The number of aromatic amines is 1. The first-order chi connectivity index (χ1) is 17.0. The smallest absolute Gasteiger partial charge is 0.203 e. The molecule has 5 heterocycles. The van der Waals surface area contributed by atoms with Crippen LogP contribution in [0.4, 0.5) is 8.78 Å². The summed E-state index contributed by atoms with van der Waals surface area (Å²) in [6.45, 7) is 1.33. The molecule has 2 fully saturated rings. The van der Waals surface area contributed by atoms with Gasteiger partial charge in [-0.05, 0) is 41.8 Å². The summed E-state index contributed by atoms with van der Waals surface area (Å²) >= 11 is 0. The van der Waals surface area contributed by atoms with Gasteiger partial charge in [-0.25, -0.2) is 13.8 Å². The number of nitrogens with zero attached hydrogens (tertiary/aromatic N) is 1. The Hall–Kier alpha value is -3.18. The molecule has 2 aromatic heterocycles. The van der Waals surface area contributed by atoms with Crippen LogP contribution in [0.1, 0.15) is 17.5 Å². The van der Waals surface area contributed by atoms with Gasteiger partial charge in [0.15, 0.2) is 6.10 Å². The Balaban J connectivity index is 1.34. The van der Waals surface area contributed by atoms with E-state index in [-0.39, 0.29) is 30.4 Å². The van der Waals surface area contributed by atoms with E-state index >= 15 is 8.78 Å². The van der Waals surface area contributed by atoms with Crippen LogP contribution in [0.15, 0.2) is 30.3 Å². The van der Waals surface area contributed by atoms with Crippen molar-refractivity contribution >= 4 is 22.8 Å². The van der Waals surface area contributed by atoms with Crippen LogP contribution < -0.4 is 4.74 Å². The van der Waals surface area contributed by atoms with Crippen molar-refractivity contribution in [3.05, 3.63) is 53.1 Å². The molecule has 0 saturated carbocycles. The number of aliphatic hydroxyl groups is 1. The fourth-order valence-corrected chi connectivity index (χ4v) is 4.92. The minimum Gasteiger partial charge on any atom is -0.470 e. The average molecular weight is 483 g/mol. The number of rotatable bonds is 5. The Morgan fingerprint density at radius 3 is 2.69 bits per heavy atom. The highest BCUT2D eigenvalue weighted by Crippen LogP contribution is 2.35. The number of H-pyrrole nitrogens is 1. The van der Waals surface area contributed by atoms with Gasteiger partial charge in [0.2, 0.25) is 5.88 Å². The third-order valence-corrected chi connectivity index (χ3v) is 6.67. The van der Waals surface area contributed by atoms with E-state index in [2.05, 4.69) is 9.97 Å². The summed E-state index contributed by atoms with van der Waals surface area (Å²) in [5.74, 6) is -1.15. The van der Waals surface area contributed by atoms with Gasteiger partial charge in [-0.15, -0.1) is 0 Å². The number of nitrogens with one attached hydrogen (secondary N) is 2. The maximum atomic E-state index is 15.1. The highest BCUT2D eigenvalue weighted by atomic mass is 19.1. The van der Waals surface area contributed by atoms with E-state index in [9.17, 15) is 5.11 Å². The van der Waals surface area contributed by atoms with E-state index in [0.717, 1.165) is 11.8 Å². The van der Waals surface area contributed by atoms with Crippen LogP contribution >= 0.6 is 0 Å². The van der Waals surface area contributed by atoms with Crippen LogP contribution in [-0.4, -0.2) is 72.1 Å². The molecule has 1 unspecified atom stereocenters. The summed E-state index contributed by atoms with van der Waals surface area (Å²) in [6, 6.07) is 5.81. The van der Waals surface area contributed by atoms with Crippen molar-refractivity contribution in [2.75, 3.05) is 26.4 Å². The molecule has 182 valence electrons. The molecule has 0 amide bonds. The lowest BCUT2D eigenvalue weighted by Crippen LogP contribution is -2.34. The SMILES string of the molecule is N=Cc1c(O[C@@H]2COC3[C@H](O)CO[C@@H]32)[nH]c2ccc(-c3c(F)cc(C4=CCOCC4)cc3F)nc12. The van der Waals surface area contributed by atoms with Crippen molar-refractivity contribution in [3.8, 4) is 17.1 Å². The van der Waals surface area contributed by atoms with Crippen LogP contribution in [0.25, 0.3) is 27.9 Å². The molecule has 3 aromatic rings. The van der Waals surface area contributed by atoms with Gasteiger partial charge in [-0.2, -0.15) is 0 Å². The molecule has 6 rings (SSSR count). The molecule has 0 bridgehead atoms. The minimum absolute atomic E-state index is 0.111. The van der Waals surface area contributed by atoms with Crippen LogP contribution in [-0.2, 0) is 14.2 Å². The van der Waals surface area contributed by atoms with Gasteiger partial charge in [0.1, 0.15) is 35.5 Å². The molecule has 3 aliphatic rings. The summed E-state index contributed by atoms with van der Waals surface area (Å²) in [4.78, 5) is 7.55. The van der Waals surface area contributed by atoms with Crippen molar-refractivity contribution in [1.29, 1.82) is 5.41 Å². The van der Waals surface area contributed by atoms with Crippen LogP contribution in [0, 0.1) is 17.0 Å². The monoisotopic (exact) mass is 483 g/mol. The molecule has 3 aliphatic heterocycles. The van der Waals surface area contributed by atoms with Crippen molar-refractivity contribution < 1.29 is 32.8 Å². The second-order valence-electron chi connectivity index (χ2n) is 8.79. The quantitative estimate of drug-likeness (QED) is 0.481. The molecule has 0 spiro atoms. The third-order valence-electron chi connectivity index (χ3n) is 6.67. The summed E-state index contributed by atoms with van der Waals surface area (Å²) in [7, 11) is 0. The number of aromatic nitrogens is 2. The zero-order chi connectivity index (χ0) is 24.1. The molecule has 1 aromatic carbocycles. The van der Waals surface area contributed by atoms with Crippen LogP contribution in [0.5, 0.6) is 5.88 Å². The van der Waals surface area contributed by atoms with Crippen molar-refractivity contribution in [2.24, 2.45) is 0 Å². The Bertz CT molecular complexity index is 1320. The fraction of sp³-hybridized carbons (Fsp3) is 0.360. The number of halogens is 2. The molecule has 0 radical (unpaired) electrons. The minimum atomic E-state index is -0.714. The van der Waals surface area contributed by atoms with Gasteiger partial charge in [0, 0.05) is 6.21 Å². The number of ether oxygens (including phenoxy) is 4. The maximum absolute atomic E-state index is 15.1. The van der Waals surface area contributed by atoms with Gasteiger partial charge >= 0.3 is 0 Å². The third kappa shape index (κ3) is 3.82. The Morgan fingerprint density at radius 2 is 1.94 bits per heavy atom. The molecule has 3 N–H and O–H groups in total. The zero-order valence-corrected chi connectivity index (χ0v) is 18.6. The first kappa shape index (κ1) is 22.3. The van der Waals surface area contributed by atoms with E-state index in [1.54, 1.807) is 6.07 Å². The molecule has 0 aliphatic carbocycles. The maximum Gasteiger partial charge on any atom is 0.203 e. The topological polar surface area (TPSA) is 110 Å². The average Bonchev–Trinajstić information content (AvgIpc) is 3.54. The highest BCUT2D eigenvalue weighted by molar-refractivity contribution is 5.99. The van der Waals surface area contributed by atoms with E-state index < -0.39 is 36.1 Å². The van der Waals surface area contributed by atoms with E-state index in [1.807, 2.05) is 6.08 Å². The lowest BCUT2D eigenvalue weighted by atomic mass is 9.98. The molecule has 35 heavy (non-hydrogen) atoms. The van der Waals surface area contributed by atoms with Gasteiger partial charge in [-0.1, -0.05) is 6.08 Å². The second-order valence-corrected chi connectivity index (χ2v) is 8.79. The predicted octanol–water partition coefficient (Wildman–Crippen LogP) is 3.22. The Morgan fingerprint density at radius 1 is 1.14 bits per heavy atom. The number of hydrogen-bond donors (Lipinski definition) is 3. The Labute approximate surface area is 199 Å². The second kappa shape index (κ2) is 8.80. The van der Waals surface area contributed by atoms with Gasteiger partial charge in [-0.3, -0.25) is 0 Å². The lowest BCUT2D eigenvalue weighted by molar-refractivity contribution is 0.00792. The van der Waals surface area contributed by atoms with Crippen LogP contribution in [0.2, 0.25) is 0 Å². The summed E-state index contributed by atoms with van der Waals surface area (Å²) in [5.41, 5.74) is 2.46. The lowest BCUT2D eigenvalue weighted by Gasteiger charge is -2.17. The Kier molecular flexibility index (Phi) is 5.60. The zero-order valence-electron chi connectivity index (χ0n) is 18.6. The number of aliphatic hydroxyl groups excluding tert-OH is 1. The highest BCUT2D eigenvalue weighted by Gasteiger charge is 2.48. The van der Waals surface area contributed by atoms with Gasteiger partial charge in [0.25, 0.3) is 0 Å². The number of benzene rings is 1. The molecule has 4 atom stereocenters. The fourth-order valence-electron chi connectivity index (χ4n) is 4.92. The summed E-state index contributed by atoms with van der Waals surface area (Å²) < 4.78 is 52.7. The van der Waals surface area contributed by atoms with Crippen LogP contribution in [0.3, 0.4) is 0 Å². The predicted molar refractivity (Wildman–Crippen MR) is 123 cm³/mol. The van der Waals surface area contributed by atoms with E-state index in [0.29, 0.717) is 41.8 Å². The molecular weight excluding hydrogens is 460 g/mol. The number of fused-ring (bicyclic) bond motifs is 2. The summed E-state index contributed by atoms with van der Waals surface area (Å²) in [5, 5.41) is 17.8. The normalized spacial score (nSPS) is 26.1. The first-order valence-corrected chi connectivity index (χ1v) is 11.4. The number of pyridine rings is 1. The standard InChI is InChI=1S/C25H23F2N3O5/c26-15-7-13(12-3-5-32-6-4-12)8-16(27)21(15)17-1-2-18-22(29-17)14(9-28)25(30-18)35-20-11-34-23-19(31)10-33-24(20)23/h1-3,7-9,19-20,23-24,28,30-31H,4-6,10-11H2/t19-,20-,23?,24-/m1/s1. The first-order valence-electron chi connectivity index (χ1n) is 11.4. The molecular formula is C25H23F2N3O5. The number of hydrogen-bond acceptors (Lipinski definition) is 7.